The topological polar surface area (TPSA) is 122 Å². The summed E-state index contributed by atoms with van der Waals surface area (Å²) in [5.74, 6) is -4.00. The highest BCUT2D eigenvalue weighted by atomic mass is 16.4. The zero-order valence-corrected chi connectivity index (χ0v) is 17.8. The first-order valence-corrected chi connectivity index (χ1v) is 10.2. The largest absolute Gasteiger partial charge is 0.480 e. The molecule has 0 saturated heterocycles. The van der Waals surface area contributed by atoms with Gasteiger partial charge in [0.05, 0.1) is 12.1 Å². The average molecular weight is 393 g/mol. The molecule has 0 fully saturated rings. The normalized spacial score (nSPS) is 13.9. The van der Waals surface area contributed by atoms with Crippen LogP contribution < -0.4 is 0 Å². The van der Waals surface area contributed by atoms with Crippen molar-refractivity contribution >= 4 is 11.9 Å². The molecular formula is C22H36N2O4. The molecule has 6 heteroatoms. The maximum Gasteiger partial charge on any atom is 0.321 e. The quantitative estimate of drug-likeness (QED) is 0.360. The van der Waals surface area contributed by atoms with Gasteiger partial charge in [-0.2, -0.15) is 10.5 Å². The Morgan fingerprint density at radius 1 is 0.679 bits per heavy atom. The smallest absolute Gasteiger partial charge is 0.321 e. The van der Waals surface area contributed by atoms with Crippen LogP contribution in [0.2, 0.25) is 0 Å². The van der Waals surface area contributed by atoms with Crippen molar-refractivity contribution in [3.05, 3.63) is 0 Å². The minimum Gasteiger partial charge on any atom is -0.480 e. The molecule has 2 unspecified atom stereocenters. The lowest BCUT2D eigenvalue weighted by atomic mass is 9.75. The van der Waals surface area contributed by atoms with Gasteiger partial charge < -0.3 is 10.2 Å². The molecular weight excluding hydrogens is 356 g/mol. The number of hydrogen-bond donors (Lipinski definition) is 2. The number of nitriles is 2. The van der Waals surface area contributed by atoms with Crippen molar-refractivity contribution in [3.63, 3.8) is 0 Å². The predicted molar refractivity (Wildman–Crippen MR) is 107 cm³/mol. The molecule has 0 rings (SSSR count). The maximum atomic E-state index is 11.1. The molecule has 0 aliphatic heterocycles. The number of aliphatic carboxylic acids is 2. The lowest BCUT2D eigenvalue weighted by Crippen LogP contribution is -2.29. The van der Waals surface area contributed by atoms with E-state index in [-0.39, 0.29) is 0 Å². The zero-order valence-electron chi connectivity index (χ0n) is 17.8. The van der Waals surface area contributed by atoms with E-state index in [1.165, 1.54) is 0 Å². The Morgan fingerprint density at radius 2 is 0.929 bits per heavy atom. The molecule has 0 bridgehead atoms. The van der Waals surface area contributed by atoms with Gasteiger partial charge in [0.2, 0.25) is 0 Å². The lowest BCUT2D eigenvalue weighted by Gasteiger charge is -2.27. The van der Waals surface area contributed by atoms with Crippen LogP contribution in [0.1, 0.15) is 91.9 Å². The molecule has 2 atom stereocenters. The molecule has 0 saturated carbocycles. The molecule has 0 heterocycles. The van der Waals surface area contributed by atoms with Gasteiger partial charge in [0, 0.05) is 0 Å². The van der Waals surface area contributed by atoms with Crippen molar-refractivity contribution in [2.75, 3.05) is 0 Å². The standard InChI is InChI=1S/C22H36N2O4/c1-21(2,17(15-23)19(25)26)13-11-9-7-5-6-8-10-12-14-22(3,4)18(16-24)20(27)28/h17-18H,5-14H2,1-4H3,(H,25,26)(H,27,28). The fourth-order valence-corrected chi connectivity index (χ4v) is 3.64. The monoisotopic (exact) mass is 392 g/mol. The van der Waals surface area contributed by atoms with Crippen molar-refractivity contribution in [2.45, 2.75) is 91.9 Å². The number of carboxylic acids is 2. The minimum absolute atomic E-state index is 0.509. The van der Waals surface area contributed by atoms with Crippen LogP contribution in [0.4, 0.5) is 0 Å². The first kappa shape index (κ1) is 25.9. The third kappa shape index (κ3) is 9.22. The second-order valence-electron chi connectivity index (χ2n) is 9.11. The van der Waals surface area contributed by atoms with Crippen LogP contribution in [-0.2, 0) is 9.59 Å². The third-order valence-corrected chi connectivity index (χ3v) is 5.71. The van der Waals surface area contributed by atoms with Crippen LogP contribution in [-0.4, -0.2) is 22.2 Å². The molecule has 158 valence electrons. The van der Waals surface area contributed by atoms with Gasteiger partial charge in [0.1, 0.15) is 11.8 Å². The highest BCUT2D eigenvalue weighted by molar-refractivity contribution is 5.74. The molecule has 6 nitrogen and oxygen atoms in total. The third-order valence-electron chi connectivity index (χ3n) is 5.71. The molecule has 0 spiro atoms. The van der Waals surface area contributed by atoms with Crippen molar-refractivity contribution in [1.29, 1.82) is 10.5 Å². The summed E-state index contributed by atoms with van der Waals surface area (Å²) < 4.78 is 0. The highest BCUT2D eigenvalue weighted by Crippen LogP contribution is 2.34. The summed E-state index contributed by atoms with van der Waals surface area (Å²) in [6.45, 7) is 7.38. The molecule has 0 radical (unpaired) electrons. The Balaban J connectivity index is 3.87. The van der Waals surface area contributed by atoms with Crippen LogP contribution in [0, 0.1) is 45.3 Å². The molecule has 0 aromatic carbocycles. The molecule has 2 N–H and O–H groups in total. The molecule has 0 aliphatic rings. The van der Waals surface area contributed by atoms with E-state index in [4.69, 9.17) is 20.7 Å². The SMILES string of the molecule is CC(C)(CCCCCCCCCCC(C)(C)C(C#N)C(=O)O)C(C#N)C(=O)O. The Hall–Kier alpha value is -2.08. The van der Waals surface area contributed by atoms with E-state index in [1.807, 2.05) is 39.8 Å². The van der Waals surface area contributed by atoms with Gasteiger partial charge in [0.15, 0.2) is 0 Å². The summed E-state index contributed by atoms with van der Waals surface area (Å²) in [5.41, 5.74) is -1.02. The molecule has 28 heavy (non-hydrogen) atoms. The first-order chi connectivity index (χ1) is 13.0. The second kappa shape index (κ2) is 12.4. The number of nitrogens with zero attached hydrogens (tertiary/aromatic N) is 2. The van der Waals surface area contributed by atoms with Crippen LogP contribution in [0.15, 0.2) is 0 Å². The number of hydrogen-bond acceptors (Lipinski definition) is 4. The van der Waals surface area contributed by atoms with Gasteiger partial charge in [-0.15, -0.1) is 0 Å². The van der Waals surface area contributed by atoms with Crippen molar-refractivity contribution < 1.29 is 19.8 Å². The maximum absolute atomic E-state index is 11.1. The van der Waals surface area contributed by atoms with Gasteiger partial charge in [-0.1, -0.05) is 79.1 Å². The molecule has 0 aromatic rings. The van der Waals surface area contributed by atoms with Gasteiger partial charge in [-0.25, -0.2) is 0 Å². The number of carboxylic acid groups (broad SMARTS) is 2. The Labute approximate surface area is 169 Å². The highest BCUT2D eigenvalue weighted by Gasteiger charge is 2.35. The summed E-state index contributed by atoms with van der Waals surface area (Å²) in [7, 11) is 0. The second-order valence-corrected chi connectivity index (χ2v) is 9.11. The van der Waals surface area contributed by atoms with E-state index in [0.29, 0.717) is 0 Å². The van der Waals surface area contributed by atoms with E-state index < -0.39 is 34.6 Å². The van der Waals surface area contributed by atoms with E-state index in [1.54, 1.807) is 0 Å². The summed E-state index contributed by atoms with van der Waals surface area (Å²) in [6, 6.07) is 3.80. The summed E-state index contributed by atoms with van der Waals surface area (Å²) in [4.78, 5) is 22.2. The van der Waals surface area contributed by atoms with Crippen LogP contribution >= 0.6 is 0 Å². The summed E-state index contributed by atoms with van der Waals surface area (Å²) in [6.07, 6.45) is 9.85. The Kier molecular flexibility index (Phi) is 11.5. The number of carbonyl (C=O) groups is 2. The predicted octanol–water partition coefficient (Wildman–Crippen LogP) is 5.39. The fourth-order valence-electron chi connectivity index (χ4n) is 3.64. The van der Waals surface area contributed by atoms with Crippen LogP contribution in [0.25, 0.3) is 0 Å². The van der Waals surface area contributed by atoms with Gasteiger partial charge in [0.25, 0.3) is 0 Å². The zero-order chi connectivity index (χ0) is 21.8. The van der Waals surface area contributed by atoms with Gasteiger partial charge >= 0.3 is 11.9 Å². The van der Waals surface area contributed by atoms with Gasteiger partial charge in [-0.05, 0) is 23.7 Å². The van der Waals surface area contributed by atoms with E-state index in [0.717, 1.165) is 64.2 Å². The first-order valence-electron chi connectivity index (χ1n) is 10.2. The van der Waals surface area contributed by atoms with E-state index in [2.05, 4.69) is 0 Å². The van der Waals surface area contributed by atoms with Gasteiger partial charge in [-0.3, -0.25) is 9.59 Å². The summed E-state index contributed by atoms with van der Waals surface area (Å²) in [5, 5.41) is 36.3. The molecule has 0 amide bonds. The van der Waals surface area contributed by atoms with Crippen LogP contribution in [0.5, 0.6) is 0 Å². The molecule has 0 aromatic heterocycles. The van der Waals surface area contributed by atoms with Crippen molar-refractivity contribution in [2.24, 2.45) is 22.7 Å². The van der Waals surface area contributed by atoms with Crippen molar-refractivity contribution in [3.8, 4) is 12.1 Å². The fraction of sp³-hybridized carbons (Fsp3) is 0.818. The average Bonchev–Trinajstić information content (AvgIpc) is 2.56. The lowest BCUT2D eigenvalue weighted by molar-refractivity contribution is -0.144. The van der Waals surface area contributed by atoms with E-state index in [9.17, 15) is 9.59 Å². The van der Waals surface area contributed by atoms with E-state index >= 15 is 0 Å². The Bertz CT molecular complexity index is 532. The number of unbranched alkanes of at least 4 members (excludes halogenated alkanes) is 7. The molecule has 0 aliphatic carbocycles. The Morgan fingerprint density at radius 3 is 1.14 bits per heavy atom. The minimum atomic E-state index is -1.04. The van der Waals surface area contributed by atoms with Crippen LogP contribution in [0.3, 0.4) is 0 Å². The van der Waals surface area contributed by atoms with Crippen molar-refractivity contribution in [1.82, 2.24) is 0 Å². The summed E-state index contributed by atoms with van der Waals surface area (Å²) >= 11 is 0. The number of rotatable bonds is 15.